The van der Waals surface area contributed by atoms with Crippen molar-refractivity contribution in [1.82, 2.24) is 4.90 Å². The van der Waals surface area contributed by atoms with Crippen molar-refractivity contribution in [3.63, 3.8) is 0 Å². The Morgan fingerprint density at radius 1 is 0.913 bits per heavy atom. The SMILES string of the molecule is C/C=C/CCCCCN(CCCCC/C=C/C)C(C)C(=O)[O-].[Li+]. The van der Waals surface area contributed by atoms with Crippen molar-refractivity contribution in [2.45, 2.75) is 78.2 Å². The Morgan fingerprint density at radius 2 is 1.35 bits per heavy atom. The molecule has 3 nitrogen and oxygen atoms in total. The summed E-state index contributed by atoms with van der Waals surface area (Å²) in [5, 5.41) is 11.1. The Labute approximate surface area is 155 Å². The zero-order valence-corrected chi connectivity index (χ0v) is 15.7. The van der Waals surface area contributed by atoms with Crippen LogP contribution in [0.2, 0.25) is 0 Å². The number of nitrogens with zero attached hydrogens (tertiary/aromatic N) is 1. The molecule has 0 rings (SSSR count). The third-order valence-corrected chi connectivity index (χ3v) is 3.99. The van der Waals surface area contributed by atoms with E-state index in [4.69, 9.17) is 0 Å². The van der Waals surface area contributed by atoms with E-state index in [1.165, 1.54) is 12.8 Å². The van der Waals surface area contributed by atoms with E-state index in [0.29, 0.717) is 0 Å². The predicted octanol–water partition coefficient (Wildman–Crippen LogP) is 0.704. The van der Waals surface area contributed by atoms with Crippen LogP contribution in [0.15, 0.2) is 24.3 Å². The molecule has 0 fully saturated rings. The zero-order valence-electron chi connectivity index (χ0n) is 15.7. The van der Waals surface area contributed by atoms with Crippen molar-refractivity contribution in [2.24, 2.45) is 0 Å². The first-order valence-electron chi connectivity index (χ1n) is 8.80. The summed E-state index contributed by atoms with van der Waals surface area (Å²) in [5.74, 6) is -0.956. The third-order valence-electron chi connectivity index (χ3n) is 3.99. The Balaban J connectivity index is 0. The van der Waals surface area contributed by atoms with Crippen LogP contribution in [0.5, 0.6) is 0 Å². The van der Waals surface area contributed by atoms with Crippen LogP contribution in [0, 0.1) is 0 Å². The minimum atomic E-state index is -0.956. The number of carbonyl (C=O) groups is 1. The van der Waals surface area contributed by atoms with Gasteiger partial charge in [-0.1, -0.05) is 37.1 Å². The zero-order chi connectivity index (χ0) is 16.6. The van der Waals surface area contributed by atoms with Crippen molar-refractivity contribution < 1.29 is 28.8 Å². The van der Waals surface area contributed by atoms with Crippen LogP contribution in [0.3, 0.4) is 0 Å². The molecule has 128 valence electrons. The molecule has 0 saturated heterocycles. The maximum atomic E-state index is 11.1. The quantitative estimate of drug-likeness (QED) is 0.269. The van der Waals surface area contributed by atoms with Gasteiger partial charge in [0, 0.05) is 6.04 Å². The van der Waals surface area contributed by atoms with Gasteiger partial charge in [0.2, 0.25) is 0 Å². The van der Waals surface area contributed by atoms with Crippen molar-refractivity contribution in [3.05, 3.63) is 24.3 Å². The normalized spacial score (nSPS) is 12.9. The molecule has 0 aromatic heterocycles. The summed E-state index contributed by atoms with van der Waals surface area (Å²) >= 11 is 0. The standard InChI is InChI=1S/C19H35NO2.Li/c1-4-6-8-10-12-14-16-20(18(3)19(21)22)17-15-13-11-9-7-5-2;/h4-7,18H,8-17H2,1-3H3,(H,21,22);/q;+1/p-1/b6-4+,7-5+;. The minimum absolute atomic E-state index is 0. The van der Waals surface area contributed by atoms with E-state index in [2.05, 4.69) is 29.2 Å². The Hall–Kier alpha value is -0.493. The van der Waals surface area contributed by atoms with E-state index in [-0.39, 0.29) is 18.9 Å². The smallest absolute Gasteiger partial charge is 0.548 e. The van der Waals surface area contributed by atoms with Gasteiger partial charge in [0.25, 0.3) is 0 Å². The van der Waals surface area contributed by atoms with E-state index in [9.17, 15) is 9.90 Å². The van der Waals surface area contributed by atoms with Crippen molar-refractivity contribution in [3.8, 4) is 0 Å². The second kappa shape index (κ2) is 17.9. The molecule has 0 saturated carbocycles. The first-order chi connectivity index (χ1) is 10.6. The van der Waals surface area contributed by atoms with Crippen LogP contribution in [0.25, 0.3) is 0 Å². The summed E-state index contributed by atoms with van der Waals surface area (Å²) in [7, 11) is 0. The molecule has 0 aromatic rings. The predicted molar refractivity (Wildman–Crippen MR) is 92.6 cm³/mol. The summed E-state index contributed by atoms with van der Waals surface area (Å²) in [6.07, 6.45) is 17.6. The molecule has 0 spiro atoms. The molecule has 23 heavy (non-hydrogen) atoms. The van der Waals surface area contributed by atoms with E-state index in [0.717, 1.165) is 51.6 Å². The first-order valence-corrected chi connectivity index (χ1v) is 8.80. The fourth-order valence-electron chi connectivity index (χ4n) is 2.49. The van der Waals surface area contributed by atoms with Gasteiger partial charge in [0.15, 0.2) is 0 Å². The molecule has 0 amide bonds. The van der Waals surface area contributed by atoms with E-state index in [1.54, 1.807) is 6.92 Å². The number of carbonyl (C=O) groups excluding carboxylic acids is 1. The summed E-state index contributed by atoms with van der Waals surface area (Å²) < 4.78 is 0. The molecule has 1 unspecified atom stereocenters. The molecule has 0 aromatic carbocycles. The van der Waals surface area contributed by atoms with Gasteiger partial charge in [0.05, 0.1) is 5.97 Å². The van der Waals surface area contributed by atoms with E-state index in [1.807, 2.05) is 13.8 Å². The largest absolute Gasteiger partial charge is 1.00 e. The number of allylic oxidation sites excluding steroid dienone is 4. The van der Waals surface area contributed by atoms with Gasteiger partial charge in [-0.25, -0.2) is 0 Å². The average molecular weight is 315 g/mol. The fourth-order valence-corrected chi connectivity index (χ4v) is 2.49. The maximum Gasteiger partial charge on any atom is 1.00 e. The van der Waals surface area contributed by atoms with Crippen molar-refractivity contribution >= 4 is 5.97 Å². The number of carboxylic acid groups (broad SMARTS) is 1. The monoisotopic (exact) mass is 315 g/mol. The number of rotatable bonds is 14. The first kappa shape index (κ1) is 24.8. The van der Waals surface area contributed by atoms with Crippen LogP contribution < -0.4 is 24.0 Å². The van der Waals surface area contributed by atoms with Crippen molar-refractivity contribution in [1.29, 1.82) is 0 Å². The Morgan fingerprint density at radius 3 is 1.70 bits per heavy atom. The third kappa shape index (κ3) is 14.8. The number of aliphatic carboxylic acids is 1. The number of carboxylic acids is 1. The minimum Gasteiger partial charge on any atom is -0.548 e. The molecule has 0 N–H and O–H groups in total. The fraction of sp³-hybridized carbons (Fsp3) is 0.737. The number of hydrogen-bond donors (Lipinski definition) is 0. The number of hydrogen-bond acceptors (Lipinski definition) is 3. The van der Waals surface area contributed by atoms with E-state index >= 15 is 0 Å². The summed E-state index contributed by atoms with van der Waals surface area (Å²) in [6.45, 7) is 7.55. The molecule has 0 heterocycles. The molecule has 4 heteroatoms. The molecule has 0 radical (unpaired) electrons. The van der Waals surface area contributed by atoms with Gasteiger partial charge in [0.1, 0.15) is 0 Å². The molecule has 0 aliphatic heterocycles. The van der Waals surface area contributed by atoms with Gasteiger partial charge in [-0.2, -0.15) is 0 Å². The van der Waals surface area contributed by atoms with Gasteiger partial charge >= 0.3 is 18.9 Å². The van der Waals surface area contributed by atoms with Crippen LogP contribution >= 0.6 is 0 Å². The Bertz CT molecular complexity index is 307. The molecular weight excluding hydrogens is 281 g/mol. The average Bonchev–Trinajstić information content (AvgIpc) is 2.51. The van der Waals surface area contributed by atoms with Gasteiger partial charge in [-0.05, 0) is 72.4 Å². The number of unbranched alkanes of at least 4 members (excludes halogenated alkanes) is 6. The summed E-state index contributed by atoms with van der Waals surface area (Å²) in [4.78, 5) is 13.2. The second-order valence-corrected chi connectivity index (χ2v) is 5.87. The van der Waals surface area contributed by atoms with E-state index < -0.39 is 12.0 Å². The van der Waals surface area contributed by atoms with Gasteiger partial charge < -0.3 is 9.90 Å². The maximum absolute atomic E-state index is 11.1. The second-order valence-electron chi connectivity index (χ2n) is 5.87. The summed E-state index contributed by atoms with van der Waals surface area (Å²) in [6, 6.07) is -0.480. The van der Waals surface area contributed by atoms with Crippen LogP contribution in [0.4, 0.5) is 0 Å². The van der Waals surface area contributed by atoms with Crippen LogP contribution in [-0.4, -0.2) is 30.0 Å². The molecule has 0 aliphatic carbocycles. The molecular formula is C19H34LiNO2. The topological polar surface area (TPSA) is 43.4 Å². The molecule has 0 aliphatic rings. The van der Waals surface area contributed by atoms with Gasteiger partial charge in [-0.3, -0.25) is 4.90 Å². The van der Waals surface area contributed by atoms with Crippen molar-refractivity contribution in [2.75, 3.05) is 13.1 Å². The van der Waals surface area contributed by atoms with Crippen LogP contribution in [-0.2, 0) is 4.79 Å². The Kier molecular flexibility index (Phi) is 19.2. The summed E-state index contributed by atoms with van der Waals surface area (Å²) in [5.41, 5.74) is 0. The molecule has 1 atom stereocenters. The van der Waals surface area contributed by atoms with Gasteiger partial charge in [-0.15, -0.1) is 0 Å². The molecule has 0 bridgehead atoms. The van der Waals surface area contributed by atoms with Crippen LogP contribution in [0.1, 0.15) is 72.1 Å².